The van der Waals surface area contributed by atoms with E-state index in [1.54, 1.807) is 6.92 Å². The summed E-state index contributed by atoms with van der Waals surface area (Å²) in [4.78, 5) is 11.8. The number of thiocarbonyl (C=S) groups is 1. The lowest BCUT2D eigenvalue weighted by Gasteiger charge is -2.39. The van der Waals surface area contributed by atoms with Gasteiger partial charge in [-0.2, -0.15) is 0 Å². The molecule has 5 rings (SSSR count). The van der Waals surface area contributed by atoms with E-state index in [-0.39, 0.29) is 12.2 Å². The Morgan fingerprint density at radius 1 is 0.950 bits per heavy atom. The van der Waals surface area contributed by atoms with Gasteiger partial charge in [0.2, 0.25) is 0 Å². The van der Waals surface area contributed by atoms with Crippen LogP contribution in [0, 0.1) is 0 Å². The molecule has 0 amide bonds. The van der Waals surface area contributed by atoms with Crippen LogP contribution < -0.4 is 30.4 Å². The van der Waals surface area contributed by atoms with Gasteiger partial charge in [0.05, 0.1) is 12.3 Å². The summed E-state index contributed by atoms with van der Waals surface area (Å²) >= 11 is 5.56. The van der Waals surface area contributed by atoms with Gasteiger partial charge in [0.25, 0.3) is 0 Å². The summed E-state index contributed by atoms with van der Waals surface area (Å²) in [5.74, 6) is 2.40. The summed E-state index contributed by atoms with van der Waals surface area (Å²) in [5.41, 5.74) is 8.49. The normalized spacial score (nSPS) is 15.1. The molecule has 2 aliphatic rings. The Labute approximate surface area is 239 Å². The summed E-state index contributed by atoms with van der Waals surface area (Å²) in [5, 5.41) is 3.59. The van der Waals surface area contributed by atoms with Crippen molar-refractivity contribution >= 4 is 34.7 Å². The number of hydrogen-bond acceptors (Lipinski definition) is 7. The molecule has 0 atom stereocenters. The molecule has 1 aliphatic heterocycles. The lowest BCUT2D eigenvalue weighted by Crippen LogP contribution is -2.44. The Morgan fingerprint density at radius 3 is 2.42 bits per heavy atom. The highest BCUT2D eigenvalue weighted by molar-refractivity contribution is 7.80. The molecular formula is C31H33N3O5S. The van der Waals surface area contributed by atoms with E-state index in [1.165, 1.54) is 6.42 Å². The van der Waals surface area contributed by atoms with Gasteiger partial charge in [-0.15, -0.1) is 0 Å². The van der Waals surface area contributed by atoms with Crippen molar-refractivity contribution in [1.29, 1.82) is 0 Å². The summed E-state index contributed by atoms with van der Waals surface area (Å²) < 4.78 is 23.0. The SMILES string of the molecule is CCOC(=O)COc1ccc2c(c1)C(NNC(=S)Nc1ccc(Oc3ccccc3)cc1)=CC1(CCCCC1)O2. The number of rotatable bonds is 9. The second-order valence-electron chi connectivity index (χ2n) is 9.68. The molecule has 9 heteroatoms. The van der Waals surface area contributed by atoms with Crippen molar-refractivity contribution in [3.63, 3.8) is 0 Å². The summed E-state index contributed by atoms with van der Waals surface area (Å²) in [6, 6.07) is 22.7. The first kappa shape index (κ1) is 27.3. The van der Waals surface area contributed by atoms with Gasteiger partial charge in [0.1, 0.15) is 28.6 Å². The minimum atomic E-state index is -0.413. The molecule has 0 saturated heterocycles. The third-order valence-corrected chi connectivity index (χ3v) is 6.93. The van der Waals surface area contributed by atoms with Crippen LogP contribution in [0.5, 0.6) is 23.0 Å². The number of hydrogen-bond donors (Lipinski definition) is 3. The van der Waals surface area contributed by atoms with Crippen LogP contribution in [0.1, 0.15) is 44.6 Å². The molecule has 3 aromatic carbocycles. The number of hydrazine groups is 1. The van der Waals surface area contributed by atoms with E-state index in [0.29, 0.717) is 17.5 Å². The number of para-hydroxylation sites is 1. The monoisotopic (exact) mass is 559 g/mol. The fraction of sp³-hybridized carbons (Fsp3) is 0.290. The van der Waals surface area contributed by atoms with Crippen molar-refractivity contribution in [3.8, 4) is 23.0 Å². The van der Waals surface area contributed by atoms with Crippen molar-refractivity contribution in [2.75, 3.05) is 18.5 Å². The molecule has 3 N–H and O–H groups in total. The minimum absolute atomic E-state index is 0.161. The molecule has 1 saturated carbocycles. The number of carbonyl (C=O) groups excluding carboxylic acids is 1. The standard InChI is InChI=1S/C31H33N3O5S/c1-2-36-29(35)21-37-25-15-16-28-26(19-25)27(20-31(39-28)17-7-4-8-18-31)33-34-30(40)32-22-11-13-24(14-12-22)38-23-9-5-3-6-10-23/h3,5-6,9-16,19-20,33H,2,4,7-8,17-18,21H2,1H3,(H2,32,34,40). The molecule has 40 heavy (non-hydrogen) atoms. The average Bonchev–Trinajstić information content (AvgIpc) is 2.97. The smallest absolute Gasteiger partial charge is 0.344 e. The zero-order valence-electron chi connectivity index (χ0n) is 22.4. The maximum absolute atomic E-state index is 11.8. The summed E-state index contributed by atoms with van der Waals surface area (Å²) in [7, 11) is 0. The first-order chi connectivity index (χ1) is 19.5. The average molecular weight is 560 g/mol. The lowest BCUT2D eigenvalue weighted by molar-refractivity contribution is -0.145. The fourth-order valence-electron chi connectivity index (χ4n) is 4.85. The number of nitrogens with one attached hydrogen (secondary N) is 3. The number of ether oxygens (including phenoxy) is 4. The van der Waals surface area contributed by atoms with Crippen LogP contribution in [0.4, 0.5) is 5.69 Å². The fourth-order valence-corrected chi connectivity index (χ4v) is 5.02. The highest BCUT2D eigenvalue weighted by Crippen LogP contribution is 2.43. The van der Waals surface area contributed by atoms with Crippen LogP contribution in [0.2, 0.25) is 0 Å². The predicted molar refractivity (Wildman–Crippen MR) is 158 cm³/mol. The van der Waals surface area contributed by atoms with Crippen LogP contribution in [-0.2, 0) is 9.53 Å². The van der Waals surface area contributed by atoms with E-state index < -0.39 is 5.97 Å². The zero-order chi connectivity index (χ0) is 27.8. The van der Waals surface area contributed by atoms with Crippen molar-refractivity contribution in [2.45, 2.75) is 44.6 Å². The topological polar surface area (TPSA) is 90.1 Å². The van der Waals surface area contributed by atoms with E-state index in [2.05, 4.69) is 22.2 Å². The number of anilines is 1. The molecule has 0 aromatic heterocycles. The molecule has 3 aromatic rings. The van der Waals surface area contributed by atoms with Crippen LogP contribution >= 0.6 is 12.2 Å². The summed E-state index contributed by atoms with van der Waals surface area (Å²) in [6.07, 6.45) is 7.44. The van der Waals surface area contributed by atoms with Crippen molar-refractivity contribution in [3.05, 3.63) is 84.4 Å². The van der Waals surface area contributed by atoms with Crippen molar-refractivity contribution in [1.82, 2.24) is 10.9 Å². The molecule has 0 unspecified atom stereocenters. The highest BCUT2D eigenvalue weighted by Gasteiger charge is 2.37. The molecule has 8 nitrogen and oxygen atoms in total. The van der Waals surface area contributed by atoms with E-state index in [4.69, 9.17) is 31.2 Å². The first-order valence-electron chi connectivity index (χ1n) is 13.5. The Morgan fingerprint density at radius 2 is 1.68 bits per heavy atom. The van der Waals surface area contributed by atoms with Crippen LogP contribution in [0.15, 0.2) is 78.9 Å². The Bertz CT molecular complexity index is 1360. The van der Waals surface area contributed by atoms with E-state index in [1.807, 2.05) is 72.8 Å². The lowest BCUT2D eigenvalue weighted by atomic mass is 9.82. The van der Waals surface area contributed by atoms with Gasteiger partial charge in [0.15, 0.2) is 11.7 Å². The molecule has 1 aliphatic carbocycles. The molecule has 208 valence electrons. The van der Waals surface area contributed by atoms with Gasteiger partial charge in [-0.3, -0.25) is 10.9 Å². The second-order valence-corrected chi connectivity index (χ2v) is 10.1. The largest absolute Gasteiger partial charge is 0.482 e. The van der Waals surface area contributed by atoms with Crippen LogP contribution in [0.3, 0.4) is 0 Å². The molecule has 0 radical (unpaired) electrons. The third kappa shape index (κ3) is 7.04. The quantitative estimate of drug-likeness (QED) is 0.158. The molecule has 1 fully saturated rings. The Hall–Kier alpha value is -4.24. The van der Waals surface area contributed by atoms with Gasteiger partial charge in [-0.05, 0) is 105 Å². The molecule has 0 bridgehead atoms. The predicted octanol–water partition coefficient (Wildman–Crippen LogP) is 6.35. The summed E-state index contributed by atoms with van der Waals surface area (Å²) in [6.45, 7) is 1.91. The second kappa shape index (κ2) is 12.7. The third-order valence-electron chi connectivity index (χ3n) is 6.73. The van der Waals surface area contributed by atoms with Crippen LogP contribution in [-0.4, -0.2) is 29.9 Å². The molecule has 1 spiro atoms. The van der Waals surface area contributed by atoms with Gasteiger partial charge in [-0.25, -0.2) is 4.79 Å². The van der Waals surface area contributed by atoms with E-state index >= 15 is 0 Å². The van der Waals surface area contributed by atoms with Crippen molar-refractivity contribution in [2.24, 2.45) is 0 Å². The van der Waals surface area contributed by atoms with Gasteiger partial charge < -0.3 is 24.3 Å². The highest BCUT2D eigenvalue weighted by atomic mass is 32.1. The minimum Gasteiger partial charge on any atom is -0.482 e. The number of carbonyl (C=O) groups is 1. The number of esters is 1. The van der Waals surface area contributed by atoms with Crippen molar-refractivity contribution < 1.29 is 23.7 Å². The maximum atomic E-state index is 11.8. The number of benzene rings is 3. The Kier molecular flexibility index (Phi) is 8.71. The van der Waals surface area contributed by atoms with Gasteiger partial charge in [-0.1, -0.05) is 24.6 Å². The van der Waals surface area contributed by atoms with E-state index in [9.17, 15) is 4.79 Å². The van der Waals surface area contributed by atoms with Gasteiger partial charge >= 0.3 is 5.97 Å². The van der Waals surface area contributed by atoms with Crippen LogP contribution in [0.25, 0.3) is 5.70 Å². The Balaban J connectivity index is 1.25. The van der Waals surface area contributed by atoms with E-state index in [0.717, 1.165) is 59.9 Å². The zero-order valence-corrected chi connectivity index (χ0v) is 23.2. The molecule has 1 heterocycles. The van der Waals surface area contributed by atoms with Gasteiger partial charge in [0, 0.05) is 11.3 Å². The molecular weight excluding hydrogens is 526 g/mol. The first-order valence-corrected chi connectivity index (χ1v) is 13.9. The number of fused-ring (bicyclic) bond motifs is 1. The maximum Gasteiger partial charge on any atom is 0.344 e.